The van der Waals surface area contributed by atoms with Gasteiger partial charge in [-0.05, 0) is 23.1 Å². The summed E-state index contributed by atoms with van der Waals surface area (Å²) in [6.45, 7) is 5.99. The number of halogens is 1. The van der Waals surface area contributed by atoms with Crippen LogP contribution in [0.5, 0.6) is 5.75 Å². The summed E-state index contributed by atoms with van der Waals surface area (Å²) in [5.41, 5.74) is 0.473. The normalized spacial score (nSPS) is 12.9. The highest BCUT2D eigenvalue weighted by atomic mass is 35.5. The maximum Gasteiger partial charge on any atom is 0.224 e. The monoisotopic (exact) mass is 299 g/mol. The van der Waals surface area contributed by atoms with Gasteiger partial charge in [-0.25, -0.2) is 0 Å². The molecule has 0 aliphatic heterocycles. The van der Waals surface area contributed by atoms with Gasteiger partial charge < -0.3 is 15.2 Å². The number of hydrogen-bond acceptors (Lipinski definition) is 3. The van der Waals surface area contributed by atoms with Crippen molar-refractivity contribution in [1.82, 2.24) is 5.32 Å². The van der Waals surface area contributed by atoms with Gasteiger partial charge in [0.1, 0.15) is 5.75 Å². The molecule has 0 fully saturated rings. The second-order valence-electron chi connectivity index (χ2n) is 5.82. The molecule has 1 aromatic rings. The standard InChI is InChI=1S/C15H22ClNO3/c1-15(2,3)13(18)9-17-14(19)7-10-5-6-11(20-4)8-12(10)16/h5-6,8,13,18H,7,9H2,1-4H3,(H,17,19). The van der Waals surface area contributed by atoms with E-state index in [9.17, 15) is 9.90 Å². The molecule has 0 radical (unpaired) electrons. The molecule has 0 aliphatic carbocycles. The molecular weight excluding hydrogens is 278 g/mol. The summed E-state index contributed by atoms with van der Waals surface area (Å²) in [7, 11) is 1.56. The van der Waals surface area contributed by atoms with Crippen molar-refractivity contribution < 1.29 is 14.6 Å². The van der Waals surface area contributed by atoms with Crippen LogP contribution in [-0.2, 0) is 11.2 Å². The highest BCUT2D eigenvalue weighted by Crippen LogP contribution is 2.23. The van der Waals surface area contributed by atoms with E-state index in [-0.39, 0.29) is 24.3 Å². The lowest BCUT2D eigenvalue weighted by Crippen LogP contribution is -2.39. The van der Waals surface area contributed by atoms with Crippen LogP contribution in [0.15, 0.2) is 18.2 Å². The summed E-state index contributed by atoms with van der Waals surface area (Å²) in [5.74, 6) is 0.489. The van der Waals surface area contributed by atoms with Crippen molar-refractivity contribution in [3.8, 4) is 5.75 Å². The average molecular weight is 300 g/mol. The van der Waals surface area contributed by atoms with E-state index in [1.165, 1.54) is 0 Å². The lowest BCUT2D eigenvalue weighted by atomic mass is 9.89. The number of carbonyl (C=O) groups is 1. The summed E-state index contributed by atoms with van der Waals surface area (Å²) in [5, 5.41) is 13.1. The Kier molecular flexibility index (Phi) is 5.84. The maximum absolute atomic E-state index is 11.8. The first-order chi connectivity index (χ1) is 9.24. The summed E-state index contributed by atoms with van der Waals surface area (Å²) in [6.07, 6.45) is -0.405. The van der Waals surface area contributed by atoms with Crippen LogP contribution < -0.4 is 10.1 Å². The largest absolute Gasteiger partial charge is 0.497 e. The van der Waals surface area contributed by atoms with Gasteiger partial charge in [-0.1, -0.05) is 38.4 Å². The number of ether oxygens (including phenoxy) is 1. The van der Waals surface area contributed by atoms with E-state index in [0.29, 0.717) is 10.8 Å². The summed E-state index contributed by atoms with van der Waals surface area (Å²) in [4.78, 5) is 11.8. The molecule has 4 nitrogen and oxygen atoms in total. The zero-order valence-electron chi connectivity index (χ0n) is 12.4. The number of carbonyl (C=O) groups excluding carboxylic acids is 1. The van der Waals surface area contributed by atoms with Gasteiger partial charge in [-0.15, -0.1) is 0 Å². The number of rotatable bonds is 5. The Hall–Kier alpha value is -1.26. The highest BCUT2D eigenvalue weighted by molar-refractivity contribution is 6.31. The number of aliphatic hydroxyl groups excluding tert-OH is 1. The third kappa shape index (κ3) is 5.02. The highest BCUT2D eigenvalue weighted by Gasteiger charge is 2.22. The first kappa shape index (κ1) is 16.8. The minimum absolute atomic E-state index is 0.166. The lowest BCUT2D eigenvalue weighted by molar-refractivity contribution is -0.121. The van der Waals surface area contributed by atoms with Gasteiger partial charge in [0.2, 0.25) is 5.91 Å². The zero-order chi connectivity index (χ0) is 15.3. The fourth-order valence-corrected chi connectivity index (χ4v) is 1.79. The molecule has 0 spiro atoms. The maximum atomic E-state index is 11.8. The number of amides is 1. The Labute approximate surface area is 125 Å². The van der Waals surface area contributed by atoms with Crippen molar-refractivity contribution in [3.63, 3.8) is 0 Å². The van der Waals surface area contributed by atoms with Crippen molar-refractivity contribution in [3.05, 3.63) is 28.8 Å². The lowest BCUT2D eigenvalue weighted by Gasteiger charge is -2.25. The Balaban J connectivity index is 2.55. The fraction of sp³-hybridized carbons (Fsp3) is 0.533. The number of benzene rings is 1. The summed E-state index contributed by atoms with van der Waals surface area (Å²) < 4.78 is 5.05. The number of methoxy groups -OCH3 is 1. The molecular formula is C15H22ClNO3. The van der Waals surface area contributed by atoms with Crippen LogP contribution in [0.3, 0.4) is 0 Å². The summed E-state index contributed by atoms with van der Waals surface area (Å²) in [6, 6.07) is 5.20. The van der Waals surface area contributed by atoms with Gasteiger partial charge in [0.15, 0.2) is 0 Å². The smallest absolute Gasteiger partial charge is 0.224 e. The van der Waals surface area contributed by atoms with Crippen LogP contribution in [0, 0.1) is 5.41 Å². The number of nitrogens with one attached hydrogen (secondary N) is 1. The predicted molar refractivity (Wildman–Crippen MR) is 80.2 cm³/mol. The Bertz CT molecular complexity index is 469. The Morgan fingerprint density at radius 1 is 1.45 bits per heavy atom. The quantitative estimate of drug-likeness (QED) is 0.878. The van der Waals surface area contributed by atoms with E-state index in [4.69, 9.17) is 16.3 Å². The van der Waals surface area contributed by atoms with E-state index >= 15 is 0 Å². The molecule has 5 heteroatoms. The molecule has 2 N–H and O–H groups in total. The molecule has 1 aromatic carbocycles. The van der Waals surface area contributed by atoms with Gasteiger partial charge in [-0.3, -0.25) is 4.79 Å². The molecule has 1 atom stereocenters. The molecule has 0 aliphatic rings. The van der Waals surface area contributed by atoms with Crippen molar-refractivity contribution in [2.24, 2.45) is 5.41 Å². The minimum atomic E-state index is -0.585. The Morgan fingerprint density at radius 2 is 2.10 bits per heavy atom. The van der Waals surface area contributed by atoms with E-state index in [1.54, 1.807) is 25.3 Å². The molecule has 112 valence electrons. The van der Waals surface area contributed by atoms with Gasteiger partial charge >= 0.3 is 0 Å². The molecule has 0 bridgehead atoms. The fourth-order valence-electron chi connectivity index (χ4n) is 1.55. The number of aliphatic hydroxyl groups is 1. The Morgan fingerprint density at radius 3 is 2.60 bits per heavy atom. The second-order valence-corrected chi connectivity index (χ2v) is 6.23. The van der Waals surface area contributed by atoms with Crippen molar-refractivity contribution in [2.75, 3.05) is 13.7 Å². The third-order valence-electron chi connectivity index (χ3n) is 3.10. The minimum Gasteiger partial charge on any atom is -0.497 e. The topological polar surface area (TPSA) is 58.6 Å². The van der Waals surface area contributed by atoms with E-state index < -0.39 is 6.10 Å². The van der Waals surface area contributed by atoms with Gasteiger partial charge in [0, 0.05) is 11.6 Å². The first-order valence-electron chi connectivity index (χ1n) is 6.51. The van der Waals surface area contributed by atoms with E-state index in [2.05, 4.69) is 5.32 Å². The van der Waals surface area contributed by atoms with E-state index in [0.717, 1.165) is 5.56 Å². The molecule has 20 heavy (non-hydrogen) atoms. The van der Waals surface area contributed by atoms with Crippen LogP contribution in [0.4, 0.5) is 0 Å². The summed E-state index contributed by atoms with van der Waals surface area (Å²) >= 11 is 6.08. The number of hydrogen-bond donors (Lipinski definition) is 2. The first-order valence-corrected chi connectivity index (χ1v) is 6.89. The molecule has 0 aromatic heterocycles. The van der Waals surface area contributed by atoms with Gasteiger partial charge in [0.05, 0.1) is 19.6 Å². The molecule has 0 saturated carbocycles. The second kappa shape index (κ2) is 6.95. The molecule has 0 heterocycles. The van der Waals surface area contributed by atoms with Crippen molar-refractivity contribution in [2.45, 2.75) is 33.3 Å². The molecule has 1 unspecified atom stereocenters. The van der Waals surface area contributed by atoms with Crippen molar-refractivity contribution in [1.29, 1.82) is 0 Å². The average Bonchev–Trinajstić information content (AvgIpc) is 2.37. The van der Waals surface area contributed by atoms with Crippen LogP contribution in [0.25, 0.3) is 0 Å². The zero-order valence-corrected chi connectivity index (χ0v) is 13.1. The molecule has 1 rings (SSSR count). The molecule has 0 saturated heterocycles. The van der Waals surface area contributed by atoms with E-state index in [1.807, 2.05) is 20.8 Å². The van der Waals surface area contributed by atoms with Crippen LogP contribution in [0.1, 0.15) is 26.3 Å². The molecule has 1 amide bonds. The van der Waals surface area contributed by atoms with Crippen LogP contribution >= 0.6 is 11.6 Å². The SMILES string of the molecule is COc1ccc(CC(=O)NCC(O)C(C)(C)C)c(Cl)c1. The third-order valence-corrected chi connectivity index (χ3v) is 3.46. The van der Waals surface area contributed by atoms with Crippen LogP contribution in [-0.4, -0.2) is 30.8 Å². The van der Waals surface area contributed by atoms with Gasteiger partial charge in [0.25, 0.3) is 0 Å². The van der Waals surface area contributed by atoms with Crippen molar-refractivity contribution >= 4 is 17.5 Å². The van der Waals surface area contributed by atoms with Crippen LogP contribution in [0.2, 0.25) is 5.02 Å². The predicted octanol–water partition coefficient (Wildman–Crippen LogP) is 2.41. The van der Waals surface area contributed by atoms with Gasteiger partial charge in [-0.2, -0.15) is 0 Å².